The largest absolute Gasteiger partial charge is 0.492 e. The molecule has 1 aromatic carbocycles. The molecule has 1 fully saturated rings. The van der Waals surface area contributed by atoms with Gasteiger partial charge in [-0.25, -0.2) is 21.9 Å². The van der Waals surface area contributed by atoms with Gasteiger partial charge in [0, 0.05) is 24.8 Å². The van der Waals surface area contributed by atoms with Crippen LogP contribution >= 0.6 is 0 Å². The van der Waals surface area contributed by atoms with Crippen molar-refractivity contribution < 1.29 is 26.7 Å². The van der Waals surface area contributed by atoms with Crippen LogP contribution in [0.2, 0.25) is 0 Å². The normalized spacial score (nSPS) is 19.7. The zero-order valence-corrected chi connectivity index (χ0v) is 17.6. The Hall–Kier alpha value is -2.97. The molecule has 2 aliphatic rings. The summed E-state index contributed by atoms with van der Waals surface area (Å²) in [5.41, 5.74) is 0.368. The van der Waals surface area contributed by atoms with Crippen LogP contribution in [0.1, 0.15) is 28.5 Å². The lowest BCUT2D eigenvalue weighted by atomic mass is 9.83. The third-order valence-corrected chi connectivity index (χ3v) is 6.92. The highest BCUT2D eigenvalue weighted by molar-refractivity contribution is 7.89. The molecule has 0 radical (unpaired) electrons. The number of likely N-dealkylation sites (tertiary alicyclic amines) is 1. The summed E-state index contributed by atoms with van der Waals surface area (Å²) in [5.74, 6) is -2.24. The standard InChI is InChI=1S/C20H20F2N4O4S/c1-11-14(19(27)26-9-20(2,8-23)10-26)5-18(24-11)31(28,29)25-13-3-12-4-15(21)16(22)6-17(12)30-7-13/h4-6,13,24-25H,3,7,9-10H2,1-2H3/t13-/m0/s1. The molecule has 4 rings (SSSR count). The number of nitrogens with zero attached hydrogens (tertiary/aromatic N) is 2. The first-order valence-electron chi connectivity index (χ1n) is 9.54. The SMILES string of the molecule is Cc1[nH]c(S(=O)(=O)N[C@@H]2COc3cc(F)c(F)cc3C2)cc1C(=O)N1CC(C)(C#N)C1. The number of rotatable bonds is 4. The van der Waals surface area contributed by atoms with Gasteiger partial charge >= 0.3 is 0 Å². The molecule has 1 saturated heterocycles. The quantitative estimate of drug-likeness (QED) is 0.738. The van der Waals surface area contributed by atoms with E-state index in [1.165, 1.54) is 11.0 Å². The van der Waals surface area contributed by atoms with Crippen molar-refractivity contribution in [1.29, 1.82) is 5.26 Å². The molecule has 164 valence electrons. The Bertz CT molecular complexity index is 1210. The fourth-order valence-corrected chi connectivity index (χ4v) is 5.09. The van der Waals surface area contributed by atoms with Crippen LogP contribution in [0.3, 0.4) is 0 Å². The lowest BCUT2D eigenvalue weighted by molar-refractivity contribution is 0.0368. The van der Waals surface area contributed by atoms with Gasteiger partial charge in [0.25, 0.3) is 15.9 Å². The molecule has 1 atom stereocenters. The van der Waals surface area contributed by atoms with Crippen molar-refractivity contribution in [2.75, 3.05) is 19.7 Å². The molecular formula is C20H20F2N4O4S. The van der Waals surface area contributed by atoms with Crippen molar-refractivity contribution in [2.45, 2.75) is 31.3 Å². The van der Waals surface area contributed by atoms with Crippen LogP contribution in [0, 0.1) is 35.3 Å². The lowest BCUT2D eigenvalue weighted by Crippen LogP contribution is -2.56. The summed E-state index contributed by atoms with van der Waals surface area (Å²) in [4.78, 5) is 16.9. The molecule has 0 saturated carbocycles. The van der Waals surface area contributed by atoms with Crippen molar-refractivity contribution in [3.8, 4) is 11.8 Å². The third kappa shape index (κ3) is 3.88. The summed E-state index contributed by atoms with van der Waals surface area (Å²) in [7, 11) is -4.03. The molecule has 11 heteroatoms. The summed E-state index contributed by atoms with van der Waals surface area (Å²) in [6, 6.07) is 4.64. The van der Waals surface area contributed by atoms with Gasteiger partial charge in [-0.15, -0.1) is 0 Å². The number of carbonyl (C=O) groups excluding carboxylic acids is 1. The minimum absolute atomic E-state index is 0.0523. The van der Waals surface area contributed by atoms with E-state index in [9.17, 15) is 22.0 Å². The minimum atomic E-state index is -4.03. The molecule has 31 heavy (non-hydrogen) atoms. The Morgan fingerprint density at radius 3 is 2.68 bits per heavy atom. The van der Waals surface area contributed by atoms with E-state index in [0.29, 0.717) is 11.3 Å². The van der Waals surface area contributed by atoms with Gasteiger partial charge in [0.15, 0.2) is 11.6 Å². The van der Waals surface area contributed by atoms with Gasteiger partial charge in [0.05, 0.1) is 23.1 Å². The van der Waals surface area contributed by atoms with Gasteiger partial charge in [-0.1, -0.05) is 0 Å². The molecule has 1 amide bonds. The number of H-pyrrole nitrogens is 1. The fourth-order valence-electron chi connectivity index (χ4n) is 3.81. The molecule has 2 aliphatic heterocycles. The van der Waals surface area contributed by atoms with Crippen molar-refractivity contribution in [3.63, 3.8) is 0 Å². The van der Waals surface area contributed by atoms with Crippen molar-refractivity contribution in [2.24, 2.45) is 5.41 Å². The highest BCUT2D eigenvalue weighted by Crippen LogP contribution is 2.31. The fraction of sp³-hybridized carbons (Fsp3) is 0.400. The predicted octanol–water partition coefficient (Wildman–Crippen LogP) is 1.87. The van der Waals surface area contributed by atoms with Crippen molar-refractivity contribution in [1.82, 2.24) is 14.6 Å². The van der Waals surface area contributed by atoms with E-state index in [1.807, 2.05) is 0 Å². The number of halogens is 2. The van der Waals surface area contributed by atoms with Crippen LogP contribution < -0.4 is 9.46 Å². The number of sulfonamides is 1. The second kappa shape index (κ2) is 7.32. The van der Waals surface area contributed by atoms with Gasteiger partial charge in [-0.3, -0.25) is 4.79 Å². The van der Waals surface area contributed by atoms with E-state index in [4.69, 9.17) is 10.00 Å². The number of amides is 1. The molecule has 1 aromatic heterocycles. The number of fused-ring (bicyclic) bond motifs is 1. The first kappa shape index (κ1) is 21.3. The summed E-state index contributed by atoms with van der Waals surface area (Å²) >= 11 is 0. The van der Waals surface area contributed by atoms with Crippen LogP contribution in [0.25, 0.3) is 0 Å². The Morgan fingerprint density at radius 1 is 1.32 bits per heavy atom. The monoisotopic (exact) mass is 450 g/mol. The Morgan fingerprint density at radius 2 is 2.00 bits per heavy atom. The molecule has 2 N–H and O–H groups in total. The molecule has 2 aromatic rings. The number of aryl methyl sites for hydroxylation is 1. The van der Waals surface area contributed by atoms with Crippen LogP contribution in [0.5, 0.6) is 5.75 Å². The van der Waals surface area contributed by atoms with E-state index in [1.54, 1.807) is 13.8 Å². The Labute approximate surface area is 177 Å². The molecular weight excluding hydrogens is 430 g/mol. The number of ether oxygens (including phenoxy) is 1. The number of aromatic nitrogens is 1. The van der Waals surface area contributed by atoms with Gasteiger partial charge in [0.1, 0.15) is 17.4 Å². The highest BCUT2D eigenvalue weighted by atomic mass is 32.2. The van der Waals surface area contributed by atoms with Crippen LogP contribution in [0.4, 0.5) is 8.78 Å². The van der Waals surface area contributed by atoms with E-state index in [-0.39, 0.29) is 48.4 Å². The molecule has 0 unspecified atom stereocenters. The summed E-state index contributed by atoms with van der Waals surface area (Å²) in [5, 5.41) is 8.91. The second-order valence-electron chi connectivity index (χ2n) is 8.21. The molecule has 3 heterocycles. The van der Waals surface area contributed by atoms with Crippen LogP contribution in [-0.2, 0) is 16.4 Å². The minimum Gasteiger partial charge on any atom is -0.492 e. The maximum Gasteiger partial charge on any atom is 0.256 e. The van der Waals surface area contributed by atoms with E-state index >= 15 is 0 Å². The predicted molar refractivity (Wildman–Crippen MR) is 105 cm³/mol. The Kier molecular flexibility index (Phi) is 5.02. The summed E-state index contributed by atoms with van der Waals surface area (Å²) in [6.45, 7) is 3.86. The maximum atomic E-state index is 13.5. The average molecular weight is 450 g/mol. The van der Waals surface area contributed by atoms with Gasteiger partial charge < -0.3 is 14.6 Å². The Balaban J connectivity index is 1.49. The topological polar surface area (TPSA) is 115 Å². The van der Waals surface area contributed by atoms with E-state index in [0.717, 1.165) is 12.1 Å². The average Bonchev–Trinajstić information content (AvgIpc) is 3.08. The first-order chi connectivity index (χ1) is 14.5. The van der Waals surface area contributed by atoms with Crippen molar-refractivity contribution >= 4 is 15.9 Å². The maximum absolute atomic E-state index is 13.5. The number of nitrogens with one attached hydrogen (secondary N) is 2. The zero-order chi connectivity index (χ0) is 22.6. The van der Waals surface area contributed by atoms with Crippen LogP contribution in [-0.4, -0.2) is 49.9 Å². The smallest absolute Gasteiger partial charge is 0.256 e. The van der Waals surface area contributed by atoms with Gasteiger partial charge in [-0.05, 0) is 38.0 Å². The number of benzene rings is 1. The zero-order valence-electron chi connectivity index (χ0n) is 16.8. The second-order valence-corrected chi connectivity index (χ2v) is 9.90. The van der Waals surface area contributed by atoms with E-state index < -0.39 is 33.1 Å². The number of carbonyl (C=O) groups is 1. The third-order valence-electron chi connectivity index (χ3n) is 5.48. The number of aromatic amines is 1. The molecule has 0 spiro atoms. The number of hydrogen-bond donors (Lipinski definition) is 2. The first-order valence-corrected chi connectivity index (χ1v) is 11.0. The highest BCUT2D eigenvalue weighted by Gasteiger charge is 2.42. The number of hydrogen-bond acceptors (Lipinski definition) is 5. The molecule has 8 nitrogen and oxygen atoms in total. The van der Waals surface area contributed by atoms with Gasteiger partial charge in [-0.2, -0.15) is 5.26 Å². The van der Waals surface area contributed by atoms with Gasteiger partial charge in [0.2, 0.25) is 0 Å². The van der Waals surface area contributed by atoms with Crippen molar-refractivity contribution in [3.05, 3.63) is 46.7 Å². The van der Waals surface area contributed by atoms with Crippen LogP contribution in [0.15, 0.2) is 23.2 Å². The summed E-state index contributed by atoms with van der Waals surface area (Å²) in [6.07, 6.45) is 0.123. The molecule has 0 aliphatic carbocycles. The van der Waals surface area contributed by atoms with E-state index in [2.05, 4.69) is 15.8 Å². The number of nitriles is 1. The molecule has 0 bridgehead atoms. The lowest BCUT2D eigenvalue weighted by Gasteiger charge is -2.43. The summed E-state index contributed by atoms with van der Waals surface area (Å²) < 4.78 is 60.3.